The fourth-order valence-electron chi connectivity index (χ4n) is 0.0589. The number of hydrogen-bond donors (Lipinski definition) is 1. The van der Waals surface area contributed by atoms with Gasteiger partial charge in [-0.1, -0.05) is 5.70 Å². The van der Waals surface area contributed by atoms with Crippen molar-refractivity contribution in [2.45, 2.75) is 6.55 Å². The SMILES string of the molecule is C=C[Si](C)(Cl)C=N. The van der Waals surface area contributed by atoms with E-state index < -0.39 is 7.38 Å². The summed E-state index contributed by atoms with van der Waals surface area (Å²) in [5.41, 5.74) is 1.65. The summed E-state index contributed by atoms with van der Waals surface area (Å²) in [6, 6.07) is 0. The summed E-state index contributed by atoms with van der Waals surface area (Å²) in [6.45, 7) is 5.32. The molecule has 1 unspecified atom stereocenters. The van der Waals surface area contributed by atoms with Crippen LogP contribution in [0.1, 0.15) is 0 Å². The maximum absolute atomic E-state index is 6.74. The Morgan fingerprint density at radius 3 is 2.29 bits per heavy atom. The molecule has 0 aliphatic heterocycles. The van der Waals surface area contributed by atoms with Crippen molar-refractivity contribution in [3.63, 3.8) is 0 Å². The van der Waals surface area contributed by atoms with Gasteiger partial charge in [-0.25, -0.2) is 0 Å². The third-order valence-corrected chi connectivity index (χ3v) is 2.83. The Balaban J connectivity index is 3.82. The van der Waals surface area contributed by atoms with Crippen molar-refractivity contribution in [2.75, 3.05) is 0 Å². The van der Waals surface area contributed by atoms with Crippen LogP contribution in [0.25, 0.3) is 0 Å². The highest BCUT2D eigenvalue weighted by Crippen LogP contribution is 2.03. The van der Waals surface area contributed by atoms with Gasteiger partial charge >= 0.3 is 0 Å². The molecule has 0 aliphatic carbocycles. The van der Waals surface area contributed by atoms with E-state index in [0.29, 0.717) is 0 Å². The molecule has 0 amide bonds. The van der Waals surface area contributed by atoms with E-state index in [2.05, 4.69) is 6.58 Å². The summed E-state index contributed by atoms with van der Waals surface area (Å²) in [7, 11) is -1.87. The van der Waals surface area contributed by atoms with Crippen LogP contribution in [0.4, 0.5) is 0 Å². The first kappa shape index (κ1) is 6.92. The summed E-state index contributed by atoms with van der Waals surface area (Å²) in [5.74, 6) is 1.28. The van der Waals surface area contributed by atoms with Gasteiger partial charge in [-0.05, 0) is 6.55 Å². The molecule has 0 aliphatic rings. The van der Waals surface area contributed by atoms with Crippen LogP contribution in [0, 0.1) is 5.41 Å². The molecule has 0 aromatic carbocycles. The van der Waals surface area contributed by atoms with Crippen LogP contribution in [-0.4, -0.2) is 13.2 Å². The molecule has 0 heterocycles. The van der Waals surface area contributed by atoms with E-state index in [1.807, 2.05) is 6.55 Å². The Kier molecular flexibility index (Phi) is 2.26. The summed E-state index contributed by atoms with van der Waals surface area (Å²) in [6.07, 6.45) is 0. The zero-order valence-corrected chi connectivity index (χ0v) is 6.00. The van der Waals surface area contributed by atoms with Crippen LogP contribution >= 0.6 is 11.1 Å². The Morgan fingerprint density at radius 2 is 2.29 bits per heavy atom. The molecule has 7 heavy (non-hydrogen) atoms. The van der Waals surface area contributed by atoms with Gasteiger partial charge in [-0.15, -0.1) is 6.58 Å². The molecule has 0 saturated heterocycles. The van der Waals surface area contributed by atoms with Crippen molar-refractivity contribution in [1.82, 2.24) is 0 Å². The normalized spacial score (nSPS) is 17.4. The van der Waals surface area contributed by atoms with Gasteiger partial charge in [0.2, 0.25) is 7.38 Å². The van der Waals surface area contributed by atoms with Gasteiger partial charge in [0.15, 0.2) is 0 Å². The zero-order chi connectivity index (χ0) is 5.91. The van der Waals surface area contributed by atoms with Crippen LogP contribution in [0.2, 0.25) is 6.55 Å². The molecule has 0 aromatic rings. The minimum Gasteiger partial charge on any atom is -0.316 e. The molecule has 0 aromatic heterocycles. The Bertz CT molecular complexity index is 79.7. The third-order valence-electron chi connectivity index (χ3n) is 0.681. The molecule has 0 saturated carbocycles. The first-order valence-corrected chi connectivity index (χ1v) is 5.63. The van der Waals surface area contributed by atoms with Crippen LogP contribution in [0.3, 0.4) is 0 Å². The molecular weight excluding hydrogens is 126 g/mol. The van der Waals surface area contributed by atoms with E-state index >= 15 is 0 Å². The van der Waals surface area contributed by atoms with Crippen LogP contribution in [0.15, 0.2) is 12.3 Å². The van der Waals surface area contributed by atoms with E-state index in [-0.39, 0.29) is 0 Å². The highest BCUT2D eigenvalue weighted by Gasteiger charge is 2.14. The minimum absolute atomic E-state index is 1.28. The quantitative estimate of drug-likeness (QED) is 0.337. The number of rotatable bonds is 2. The van der Waals surface area contributed by atoms with Crippen molar-refractivity contribution in [3.8, 4) is 0 Å². The molecule has 0 bridgehead atoms. The van der Waals surface area contributed by atoms with Crippen LogP contribution < -0.4 is 0 Å². The number of nitrogens with one attached hydrogen (secondary N) is 1. The molecule has 0 fully saturated rings. The summed E-state index contributed by atoms with van der Waals surface area (Å²) < 4.78 is 0. The number of halogens is 1. The van der Waals surface area contributed by atoms with Gasteiger partial charge in [0.25, 0.3) is 0 Å². The lowest BCUT2D eigenvalue weighted by Gasteiger charge is -2.01. The van der Waals surface area contributed by atoms with Gasteiger partial charge in [-0.2, -0.15) is 11.1 Å². The molecule has 1 atom stereocenters. The molecular formula is C4H8ClNSi. The molecule has 40 valence electrons. The highest BCUT2D eigenvalue weighted by atomic mass is 35.6. The second kappa shape index (κ2) is 2.28. The Morgan fingerprint density at radius 1 is 1.86 bits per heavy atom. The summed E-state index contributed by atoms with van der Waals surface area (Å²) in [4.78, 5) is 0. The summed E-state index contributed by atoms with van der Waals surface area (Å²) in [5, 5.41) is 6.74. The van der Waals surface area contributed by atoms with E-state index in [4.69, 9.17) is 16.5 Å². The first-order valence-electron chi connectivity index (χ1n) is 1.96. The van der Waals surface area contributed by atoms with E-state index in [9.17, 15) is 0 Å². The molecule has 0 spiro atoms. The maximum atomic E-state index is 6.74. The second-order valence-electron chi connectivity index (χ2n) is 1.50. The van der Waals surface area contributed by atoms with E-state index in [1.165, 1.54) is 5.84 Å². The average Bonchev–Trinajstić information content (AvgIpc) is 1.68. The number of hydrogen-bond acceptors (Lipinski definition) is 1. The molecule has 0 radical (unpaired) electrons. The topological polar surface area (TPSA) is 23.9 Å². The standard InChI is InChI=1S/C4H8ClNSi/c1-3-7(2,5)4-6/h3-4,6H,1H2,2H3. The van der Waals surface area contributed by atoms with Crippen molar-refractivity contribution < 1.29 is 0 Å². The predicted octanol–water partition coefficient (Wildman–Crippen LogP) is 1.71. The van der Waals surface area contributed by atoms with Crippen LogP contribution in [-0.2, 0) is 0 Å². The van der Waals surface area contributed by atoms with Crippen molar-refractivity contribution >= 4 is 24.3 Å². The fraction of sp³-hybridized carbons (Fsp3) is 0.250. The zero-order valence-electron chi connectivity index (χ0n) is 4.24. The van der Waals surface area contributed by atoms with Crippen molar-refractivity contribution in [2.24, 2.45) is 0 Å². The largest absolute Gasteiger partial charge is 0.316 e. The average molecular weight is 134 g/mol. The van der Waals surface area contributed by atoms with Gasteiger partial charge in [0, 0.05) is 5.84 Å². The predicted molar refractivity (Wildman–Crippen MR) is 36.5 cm³/mol. The maximum Gasteiger partial charge on any atom is 0.216 e. The molecule has 3 heteroatoms. The smallest absolute Gasteiger partial charge is 0.216 e. The monoisotopic (exact) mass is 133 g/mol. The lowest BCUT2D eigenvalue weighted by Crippen LogP contribution is -2.20. The van der Waals surface area contributed by atoms with Gasteiger partial charge in [0.1, 0.15) is 0 Å². The van der Waals surface area contributed by atoms with Crippen LogP contribution in [0.5, 0.6) is 0 Å². The molecule has 0 rings (SSSR count). The van der Waals surface area contributed by atoms with Gasteiger partial charge in [0.05, 0.1) is 0 Å². The molecule has 1 N–H and O–H groups in total. The fourth-order valence-corrected chi connectivity index (χ4v) is 0.177. The van der Waals surface area contributed by atoms with Gasteiger partial charge < -0.3 is 5.41 Å². The van der Waals surface area contributed by atoms with Crippen molar-refractivity contribution in [1.29, 1.82) is 5.41 Å². The lowest BCUT2D eigenvalue weighted by molar-refractivity contribution is 1.59. The van der Waals surface area contributed by atoms with E-state index in [0.717, 1.165) is 0 Å². The summed E-state index contributed by atoms with van der Waals surface area (Å²) >= 11 is 5.68. The Labute approximate surface area is 49.2 Å². The third kappa shape index (κ3) is 2.59. The van der Waals surface area contributed by atoms with E-state index in [1.54, 1.807) is 5.70 Å². The Hall–Kier alpha value is -0.0831. The molecule has 1 nitrogen and oxygen atoms in total. The highest BCUT2D eigenvalue weighted by molar-refractivity contribution is 7.35. The lowest BCUT2D eigenvalue weighted by atomic mass is 11.3. The van der Waals surface area contributed by atoms with Gasteiger partial charge in [-0.3, -0.25) is 0 Å². The second-order valence-corrected chi connectivity index (χ2v) is 6.94. The minimum atomic E-state index is -1.87. The van der Waals surface area contributed by atoms with Crippen molar-refractivity contribution in [3.05, 3.63) is 12.3 Å². The first-order chi connectivity index (χ1) is 3.12.